The van der Waals surface area contributed by atoms with Gasteiger partial charge in [-0.3, -0.25) is 0 Å². The molecule has 1 unspecified atom stereocenters. The molecule has 0 rings (SSSR count). The van der Waals surface area contributed by atoms with Crippen molar-refractivity contribution in [2.75, 3.05) is 19.8 Å². The molecule has 0 aromatic rings. The standard InChI is InChI=1S/C10H22O3/c1-2-7-13-8-5-3-4-6-10(12)9-11/h10-12H,2-9H2,1H3. The zero-order valence-electron chi connectivity index (χ0n) is 8.54. The van der Waals surface area contributed by atoms with Gasteiger partial charge in [0.25, 0.3) is 0 Å². The van der Waals surface area contributed by atoms with Crippen LogP contribution >= 0.6 is 0 Å². The number of aliphatic hydroxyl groups is 2. The van der Waals surface area contributed by atoms with Crippen LogP contribution in [0.3, 0.4) is 0 Å². The normalized spacial score (nSPS) is 13.2. The third kappa shape index (κ3) is 9.80. The molecule has 3 heteroatoms. The summed E-state index contributed by atoms with van der Waals surface area (Å²) in [4.78, 5) is 0. The lowest BCUT2D eigenvalue weighted by Gasteiger charge is -2.06. The van der Waals surface area contributed by atoms with E-state index in [4.69, 9.17) is 14.9 Å². The Kier molecular flexibility index (Phi) is 9.87. The molecule has 2 N–H and O–H groups in total. The van der Waals surface area contributed by atoms with Gasteiger partial charge in [-0.1, -0.05) is 19.8 Å². The molecule has 80 valence electrons. The molecule has 0 heterocycles. The van der Waals surface area contributed by atoms with E-state index in [-0.39, 0.29) is 6.61 Å². The first-order valence-electron chi connectivity index (χ1n) is 5.18. The molecule has 0 aromatic carbocycles. The first-order chi connectivity index (χ1) is 6.31. The summed E-state index contributed by atoms with van der Waals surface area (Å²) in [5.74, 6) is 0. The van der Waals surface area contributed by atoms with E-state index >= 15 is 0 Å². The first-order valence-corrected chi connectivity index (χ1v) is 5.18. The second-order valence-electron chi connectivity index (χ2n) is 3.30. The van der Waals surface area contributed by atoms with E-state index in [1.54, 1.807) is 0 Å². The Balaban J connectivity index is 2.91. The van der Waals surface area contributed by atoms with Crippen molar-refractivity contribution >= 4 is 0 Å². The van der Waals surface area contributed by atoms with Crippen LogP contribution in [-0.4, -0.2) is 36.1 Å². The molecule has 0 bridgehead atoms. The molecule has 3 nitrogen and oxygen atoms in total. The number of aliphatic hydroxyl groups excluding tert-OH is 2. The van der Waals surface area contributed by atoms with Gasteiger partial charge in [0.1, 0.15) is 0 Å². The van der Waals surface area contributed by atoms with Crippen molar-refractivity contribution < 1.29 is 14.9 Å². The van der Waals surface area contributed by atoms with Crippen molar-refractivity contribution in [2.45, 2.75) is 45.1 Å². The number of rotatable bonds is 9. The summed E-state index contributed by atoms with van der Waals surface area (Å²) in [5.41, 5.74) is 0. The summed E-state index contributed by atoms with van der Waals surface area (Å²) in [6, 6.07) is 0. The molecule has 0 fully saturated rings. The summed E-state index contributed by atoms with van der Waals surface area (Å²) >= 11 is 0. The van der Waals surface area contributed by atoms with Gasteiger partial charge in [-0.2, -0.15) is 0 Å². The molecule has 0 saturated carbocycles. The highest BCUT2D eigenvalue weighted by atomic mass is 16.5. The van der Waals surface area contributed by atoms with Crippen molar-refractivity contribution in [3.8, 4) is 0 Å². The van der Waals surface area contributed by atoms with Crippen LogP contribution in [0.1, 0.15) is 39.0 Å². The number of hydrogen-bond acceptors (Lipinski definition) is 3. The van der Waals surface area contributed by atoms with Crippen molar-refractivity contribution in [1.82, 2.24) is 0 Å². The molecule has 0 radical (unpaired) electrons. The summed E-state index contributed by atoms with van der Waals surface area (Å²) in [7, 11) is 0. The molecule has 0 aromatic heterocycles. The Morgan fingerprint density at radius 1 is 1.15 bits per heavy atom. The van der Waals surface area contributed by atoms with Crippen LogP contribution in [0, 0.1) is 0 Å². The van der Waals surface area contributed by atoms with Crippen molar-refractivity contribution in [2.24, 2.45) is 0 Å². The van der Waals surface area contributed by atoms with Crippen LogP contribution in [0.5, 0.6) is 0 Å². The Morgan fingerprint density at radius 2 is 1.92 bits per heavy atom. The highest BCUT2D eigenvalue weighted by Gasteiger charge is 2.00. The molecule has 0 amide bonds. The predicted octanol–water partition coefficient (Wildman–Crippen LogP) is 1.33. The van der Waals surface area contributed by atoms with Crippen LogP contribution in [0.15, 0.2) is 0 Å². The monoisotopic (exact) mass is 190 g/mol. The molecular weight excluding hydrogens is 168 g/mol. The van der Waals surface area contributed by atoms with Gasteiger partial charge in [0.05, 0.1) is 12.7 Å². The Morgan fingerprint density at radius 3 is 2.54 bits per heavy atom. The number of hydrogen-bond donors (Lipinski definition) is 2. The van der Waals surface area contributed by atoms with Gasteiger partial charge in [0.2, 0.25) is 0 Å². The van der Waals surface area contributed by atoms with Crippen LogP contribution < -0.4 is 0 Å². The lowest BCUT2D eigenvalue weighted by molar-refractivity contribution is 0.0842. The molecule has 0 spiro atoms. The zero-order chi connectivity index (χ0) is 9.94. The molecule has 0 aliphatic rings. The van der Waals surface area contributed by atoms with E-state index in [0.29, 0.717) is 6.42 Å². The maximum Gasteiger partial charge on any atom is 0.0770 e. The average Bonchev–Trinajstić information content (AvgIpc) is 2.16. The smallest absolute Gasteiger partial charge is 0.0770 e. The van der Waals surface area contributed by atoms with E-state index < -0.39 is 6.10 Å². The minimum Gasteiger partial charge on any atom is -0.394 e. The van der Waals surface area contributed by atoms with Crippen LogP contribution in [0.4, 0.5) is 0 Å². The molecular formula is C10H22O3. The van der Waals surface area contributed by atoms with Crippen LogP contribution in [0.2, 0.25) is 0 Å². The maximum absolute atomic E-state index is 9.02. The van der Waals surface area contributed by atoms with Gasteiger partial charge in [-0.05, 0) is 19.3 Å². The fourth-order valence-corrected chi connectivity index (χ4v) is 1.10. The average molecular weight is 190 g/mol. The van der Waals surface area contributed by atoms with Crippen molar-refractivity contribution in [3.63, 3.8) is 0 Å². The summed E-state index contributed by atoms with van der Waals surface area (Å²) in [6.45, 7) is 3.65. The molecule has 0 aliphatic heterocycles. The van der Waals surface area contributed by atoms with E-state index in [2.05, 4.69) is 6.92 Å². The van der Waals surface area contributed by atoms with Crippen molar-refractivity contribution in [1.29, 1.82) is 0 Å². The van der Waals surface area contributed by atoms with E-state index in [1.807, 2.05) is 0 Å². The third-order valence-electron chi connectivity index (χ3n) is 1.89. The second-order valence-corrected chi connectivity index (χ2v) is 3.30. The third-order valence-corrected chi connectivity index (χ3v) is 1.89. The van der Waals surface area contributed by atoms with Gasteiger partial charge < -0.3 is 14.9 Å². The molecule has 0 aliphatic carbocycles. The Hall–Kier alpha value is -0.120. The van der Waals surface area contributed by atoms with Crippen LogP contribution in [0.25, 0.3) is 0 Å². The SMILES string of the molecule is CCCOCCCCCC(O)CO. The molecule has 0 saturated heterocycles. The predicted molar refractivity (Wildman–Crippen MR) is 52.7 cm³/mol. The van der Waals surface area contributed by atoms with Crippen LogP contribution in [-0.2, 0) is 4.74 Å². The van der Waals surface area contributed by atoms with E-state index in [9.17, 15) is 0 Å². The maximum atomic E-state index is 9.02. The number of ether oxygens (including phenoxy) is 1. The lowest BCUT2D eigenvalue weighted by atomic mass is 10.1. The van der Waals surface area contributed by atoms with Gasteiger partial charge in [-0.25, -0.2) is 0 Å². The topological polar surface area (TPSA) is 49.7 Å². The van der Waals surface area contributed by atoms with Gasteiger partial charge >= 0.3 is 0 Å². The minimum absolute atomic E-state index is 0.119. The van der Waals surface area contributed by atoms with Gasteiger partial charge in [-0.15, -0.1) is 0 Å². The quantitative estimate of drug-likeness (QED) is 0.539. The lowest BCUT2D eigenvalue weighted by Crippen LogP contribution is -2.11. The summed E-state index contributed by atoms with van der Waals surface area (Å²) in [6.07, 6.45) is 4.33. The zero-order valence-corrected chi connectivity index (χ0v) is 8.54. The second kappa shape index (κ2) is 9.96. The largest absolute Gasteiger partial charge is 0.394 e. The molecule has 1 atom stereocenters. The minimum atomic E-state index is -0.531. The van der Waals surface area contributed by atoms with Gasteiger partial charge in [0, 0.05) is 13.2 Å². The Labute approximate surface area is 80.7 Å². The highest BCUT2D eigenvalue weighted by molar-refractivity contribution is 4.52. The van der Waals surface area contributed by atoms with E-state index in [1.165, 1.54) is 0 Å². The van der Waals surface area contributed by atoms with Gasteiger partial charge in [0.15, 0.2) is 0 Å². The molecule has 13 heavy (non-hydrogen) atoms. The number of unbranched alkanes of at least 4 members (excludes halogenated alkanes) is 2. The van der Waals surface area contributed by atoms with E-state index in [0.717, 1.165) is 38.9 Å². The fraction of sp³-hybridized carbons (Fsp3) is 1.00. The fourth-order valence-electron chi connectivity index (χ4n) is 1.10. The highest BCUT2D eigenvalue weighted by Crippen LogP contribution is 2.03. The first kappa shape index (κ1) is 12.9. The van der Waals surface area contributed by atoms with Crippen molar-refractivity contribution in [3.05, 3.63) is 0 Å². The summed E-state index contributed by atoms with van der Waals surface area (Å²) in [5, 5.41) is 17.6. The Bertz CT molecular complexity index is 96.2. The summed E-state index contributed by atoms with van der Waals surface area (Å²) < 4.78 is 5.30.